The summed E-state index contributed by atoms with van der Waals surface area (Å²) in [4.78, 5) is 0. The normalized spacial score (nSPS) is 44.4. The van der Waals surface area contributed by atoms with E-state index in [-0.39, 0.29) is 22.0 Å². The summed E-state index contributed by atoms with van der Waals surface area (Å²) in [5.74, 6) is 1.60. The molecule has 3 saturated carbocycles. The minimum atomic E-state index is -0.291. The molecule has 1 heteroatoms. The standard InChI is InChI=1S/C28H24O/c1-3-9-19(10-4-1)27-23-13-7-8-14-24(23)28(29-27,20-11-5-2-6-12-20)26-18-25(26,27)21-15-16-22(26)17-21/h1-14,21-22H,15-18H2/t21-,22+,25?,26?,27-,28+. The van der Waals surface area contributed by atoms with E-state index in [1.807, 2.05) is 0 Å². The molecule has 142 valence electrons. The Bertz CT molecular complexity index is 1080. The van der Waals surface area contributed by atoms with Crippen molar-refractivity contribution in [3.8, 4) is 0 Å². The zero-order valence-corrected chi connectivity index (χ0v) is 16.5. The molecule has 3 aromatic carbocycles. The second-order valence-electron chi connectivity index (χ2n) is 10.1. The molecule has 29 heavy (non-hydrogen) atoms. The Hall–Kier alpha value is -2.38. The zero-order valence-electron chi connectivity index (χ0n) is 16.5. The van der Waals surface area contributed by atoms with Gasteiger partial charge in [-0.3, -0.25) is 0 Å². The van der Waals surface area contributed by atoms with E-state index in [0.29, 0.717) is 0 Å². The highest BCUT2D eigenvalue weighted by Gasteiger charge is 2.99. The van der Waals surface area contributed by atoms with Crippen molar-refractivity contribution in [3.63, 3.8) is 0 Å². The summed E-state index contributed by atoms with van der Waals surface area (Å²) in [6.07, 6.45) is 5.50. The molecule has 0 amide bonds. The van der Waals surface area contributed by atoms with Crippen LogP contribution in [0.3, 0.4) is 0 Å². The molecule has 6 atom stereocenters. The first-order chi connectivity index (χ1) is 14.3. The second kappa shape index (κ2) is 4.52. The van der Waals surface area contributed by atoms with E-state index in [0.717, 1.165) is 11.8 Å². The number of fused-ring (bicyclic) bond motifs is 7. The van der Waals surface area contributed by atoms with Crippen LogP contribution in [0.1, 0.15) is 47.9 Å². The highest BCUT2D eigenvalue weighted by atomic mass is 16.5. The van der Waals surface area contributed by atoms with Crippen molar-refractivity contribution in [1.82, 2.24) is 0 Å². The predicted molar refractivity (Wildman–Crippen MR) is 112 cm³/mol. The summed E-state index contributed by atoms with van der Waals surface area (Å²) in [6.45, 7) is 0. The van der Waals surface area contributed by atoms with Crippen LogP contribution in [-0.4, -0.2) is 0 Å². The zero-order chi connectivity index (χ0) is 18.9. The molecule has 4 bridgehead atoms. The maximum Gasteiger partial charge on any atom is 0.127 e. The largest absolute Gasteiger partial charge is 0.348 e. The molecule has 2 heterocycles. The second-order valence-corrected chi connectivity index (χ2v) is 10.1. The molecule has 2 unspecified atom stereocenters. The van der Waals surface area contributed by atoms with Gasteiger partial charge in [-0.1, -0.05) is 84.9 Å². The maximum absolute atomic E-state index is 7.58. The van der Waals surface area contributed by atoms with Crippen molar-refractivity contribution in [2.45, 2.75) is 36.9 Å². The van der Waals surface area contributed by atoms with Crippen LogP contribution < -0.4 is 0 Å². The first-order valence-corrected chi connectivity index (χ1v) is 11.2. The van der Waals surface area contributed by atoms with Gasteiger partial charge >= 0.3 is 0 Å². The van der Waals surface area contributed by atoms with Gasteiger partial charge in [-0.05, 0) is 59.8 Å². The summed E-state index contributed by atoms with van der Waals surface area (Å²) < 4.78 is 7.58. The summed E-state index contributed by atoms with van der Waals surface area (Å²) in [7, 11) is 0. The van der Waals surface area contributed by atoms with E-state index in [1.165, 1.54) is 47.9 Å². The first kappa shape index (κ1) is 15.5. The van der Waals surface area contributed by atoms with Crippen molar-refractivity contribution in [1.29, 1.82) is 0 Å². The molecule has 3 aromatic rings. The van der Waals surface area contributed by atoms with Gasteiger partial charge < -0.3 is 4.74 Å². The molecule has 0 aromatic heterocycles. The maximum atomic E-state index is 7.58. The Morgan fingerprint density at radius 3 is 1.52 bits per heavy atom. The smallest absolute Gasteiger partial charge is 0.127 e. The van der Waals surface area contributed by atoms with Crippen LogP contribution >= 0.6 is 0 Å². The Kier molecular flexibility index (Phi) is 2.41. The van der Waals surface area contributed by atoms with E-state index in [9.17, 15) is 0 Å². The molecule has 5 aliphatic rings. The molecule has 3 aliphatic carbocycles. The van der Waals surface area contributed by atoms with Gasteiger partial charge in [-0.15, -0.1) is 0 Å². The van der Waals surface area contributed by atoms with Crippen molar-refractivity contribution in [2.75, 3.05) is 0 Å². The molecule has 0 N–H and O–H groups in total. The van der Waals surface area contributed by atoms with E-state index in [2.05, 4.69) is 84.9 Å². The van der Waals surface area contributed by atoms with E-state index in [1.54, 1.807) is 0 Å². The SMILES string of the molecule is c1ccc([C@@]23O[C@@](c4ccccc4)(c4ccccc42)C24CC23[C@@H]2CC[C@H]4C2)cc1. The predicted octanol–water partition coefficient (Wildman–Crippen LogP) is 6.02. The summed E-state index contributed by atoms with van der Waals surface area (Å²) >= 11 is 0. The van der Waals surface area contributed by atoms with E-state index < -0.39 is 0 Å². The third-order valence-electron chi connectivity index (χ3n) is 9.66. The number of hydrogen-bond donors (Lipinski definition) is 0. The Balaban J connectivity index is 1.55. The fourth-order valence-corrected chi connectivity index (χ4v) is 9.13. The Morgan fingerprint density at radius 1 is 0.586 bits per heavy atom. The highest BCUT2D eigenvalue weighted by molar-refractivity contribution is 5.67. The van der Waals surface area contributed by atoms with Gasteiger partial charge in [-0.2, -0.15) is 0 Å². The third-order valence-corrected chi connectivity index (χ3v) is 9.66. The van der Waals surface area contributed by atoms with Crippen molar-refractivity contribution >= 4 is 0 Å². The quantitative estimate of drug-likeness (QED) is 0.531. The van der Waals surface area contributed by atoms with Crippen LogP contribution in [0.25, 0.3) is 0 Å². The molecule has 2 aliphatic heterocycles. The van der Waals surface area contributed by atoms with E-state index in [4.69, 9.17) is 4.74 Å². The fourth-order valence-electron chi connectivity index (χ4n) is 9.13. The molecule has 8 rings (SSSR count). The molecule has 1 saturated heterocycles. The van der Waals surface area contributed by atoms with Gasteiger partial charge in [0.05, 0.1) is 0 Å². The average molecular weight is 376 g/mol. The third kappa shape index (κ3) is 1.26. The number of ether oxygens (including phenoxy) is 1. The van der Waals surface area contributed by atoms with E-state index >= 15 is 0 Å². The van der Waals surface area contributed by atoms with Crippen LogP contribution in [0.15, 0.2) is 84.9 Å². The summed E-state index contributed by atoms with van der Waals surface area (Å²) in [6, 6.07) is 31.6. The van der Waals surface area contributed by atoms with Crippen LogP contribution in [0, 0.1) is 22.7 Å². The number of rotatable bonds is 2. The highest BCUT2D eigenvalue weighted by Crippen LogP contribution is 2.99. The number of hydrogen-bond acceptors (Lipinski definition) is 1. The minimum Gasteiger partial charge on any atom is -0.348 e. The molecule has 4 fully saturated rings. The lowest BCUT2D eigenvalue weighted by Crippen LogP contribution is -2.43. The lowest BCUT2D eigenvalue weighted by Gasteiger charge is -2.42. The first-order valence-electron chi connectivity index (χ1n) is 11.2. The fraction of sp³-hybridized carbons (Fsp3) is 0.357. The van der Waals surface area contributed by atoms with Crippen LogP contribution in [0.5, 0.6) is 0 Å². The van der Waals surface area contributed by atoms with Crippen LogP contribution in [0.2, 0.25) is 0 Å². The van der Waals surface area contributed by atoms with Gasteiger partial charge in [0, 0.05) is 10.8 Å². The molecular formula is C28H24O. The van der Waals surface area contributed by atoms with Crippen molar-refractivity contribution in [2.24, 2.45) is 22.7 Å². The Morgan fingerprint density at radius 2 is 1.03 bits per heavy atom. The minimum absolute atomic E-state index is 0.272. The average Bonchev–Trinajstić information content (AvgIpc) is 3.09. The van der Waals surface area contributed by atoms with Gasteiger partial charge in [0.2, 0.25) is 0 Å². The van der Waals surface area contributed by atoms with Crippen LogP contribution in [-0.2, 0) is 15.9 Å². The molecular weight excluding hydrogens is 352 g/mol. The lowest BCUT2D eigenvalue weighted by molar-refractivity contribution is -0.112. The Labute approximate surface area is 171 Å². The van der Waals surface area contributed by atoms with Gasteiger partial charge in [-0.25, -0.2) is 0 Å². The van der Waals surface area contributed by atoms with Gasteiger partial charge in [0.25, 0.3) is 0 Å². The van der Waals surface area contributed by atoms with Crippen molar-refractivity contribution in [3.05, 3.63) is 107 Å². The van der Waals surface area contributed by atoms with Crippen LogP contribution in [0.4, 0.5) is 0 Å². The topological polar surface area (TPSA) is 9.23 Å². The molecule has 1 nitrogen and oxygen atoms in total. The summed E-state index contributed by atoms with van der Waals surface area (Å²) in [5, 5.41) is 0. The van der Waals surface area contributed by atoms with Gasteiger partial charge in [0.15, 0.2) is 0 Å². The molecule has 0 spiro atoms. The van der Waals surface area contributed by atoms with Crippen molar-refractivity contribution < 1.29 is 4.74 Å². The number of benzene rings is 3. The lowest BCUT2D eigenvalue weighted by atomic mass is 9.56. The monoisotopic (exact) mass is 376 g/mol. The summed E-state index contributed by atoms with van der Waals surface area (Å²) in [5.41, 5.74) is 5.59. The molecule has 0 radical (unpaired) electrons. The van der Waals surface area contributed by atoms with Gasteiger partial charge in [0.1, 0.15) is 11.2 Å².